The second-order valence-electron chi connectivity index (χ2n) is 5.58. The smallest absolute Gasteiger partial charge is 0.232 e. The molecular formula is C15H19N3O3S. The quantitative estimate of drug-likeness (QED) is 0.847. The average molecular weight is 321 g/mol. The van der Waals surface area contributed by atoms with Crippen LogP contribution in [0.4, 0.5) is 5.69 Å². The van der Waals surface area contributed by atoms with E-state index >= 15 is 0 Å². The second kappa shape index (κ2) is 6.08. The van der Waals surface area contributed by atoms with Gasteiger partial charge in [-0.25, -0.2) is 8.42 Å². The van der Waals surface area contributed by atoms with Gasteiger partial charge in [0.2, 0.25) is 15.9 Å². The van der Waals surface area contributed by atoms with Gasteiger partial charge in [-0.2, -0.15) is 4.98 Å². The summed E-state index contributed by atoms with van der Waals surface area (Å²) in [7, 11) is -3.31. The molecule has 0 atom stereocenters. The van der Waals surface area contributed by atoms with Crippen LogP contribution >= 0.6 is 0 Å². The summed E-state index contributed by atoms with van der Waals surface area (Å²) < 4.78 is 31.8. The number of nitrogens with zero attached hydrogens (tertiary/aromatic N) is 2. The number of rotatable bonds is 7. The molecule has 0 amide bonds. The molecule has 1 aliphatic carbocycles. The van der Waals surface area contributed by atoms with E-state index in [0.29, 0.717) is 30.3 Å². The van der Waals surface area contributed by atoms with Crippen LogP contribution in [0.2, 0.25) is 0 Å². The number of benzene rings is 1. The number of anilines is 1. The van der Waals surface area contributed by atoms with Crippen LogP contribution in [-0.4, -0.2) is 24.3 Å². The fourth-order valence-corrected chi connectivity index (χ4v) is 3.45. The maximum atomic E-state index is 11.9. The number of hydrogen-bond donors (Lipinski definition) is 1. The van der Waals surface area contributed by atoms with Crippen molar-refractivity contribution in [1.82, 2.24) is 10.1 Å². The van der Waals surface area contributed by atoms with Crippen LogP contribution in [0, 0.1) is 0 Å². The first-order valence-electron chi connectivity index (χ1n) is 7.48. The van der Waals surface area contributed by atoms with Gasteiger partial charge in [-0.15, -0.1) is 0 Å². The van der Waals surface area contributed by atoms with Crippen LogP contribution in [-0.2, 0) is 16.4 Å². The van der Waals surface area contributed by atoms with Crippen LogP contribution in [0.15, 0.2) is 28.8 Å². The Bertz CT molecular complexity index is 751. The van der Waals surface area contributed by atoms with Gasteiger partial charge in [0.1, 0.15) is 0 Å². The Hall–Kier alpha value is -1.89. The maximum Gasteiger partial charge on any atom is 0.232 e. The maximum absolute atomic E-state index is 11.9. The number of sulfonamides is 1. The van der Waals surface area contributed by atoms with Crippen LogP contribution in [0.1, 0.15) is 49.4 Å². The molecule has 1 saturated carbocycles. The van der Waals surface area contributed by atoms with Crippen molar-refractivity contribution in [3.63, 3.8) is 0 Å². The normalized spacial score (nSPS) is 15.0. The Kier molecular flexibility index (Phi) is 4.15. The van der Waals surface area contributed by atoms with Gasteiger partial charge < -0.3 is 4.52 Å². The average Bonchev–Trinajstić information content (AvgIpc) is 3.21. The Morgan fingerprint density at radius 2 is 2.09 bits per heavy atom. The van der Waals surface area contributed by atoms with E-state index in [0.717, 1.165) is 24.2 Å². The molecule has 0 bridgehead atoms. The Morgan fingerprint density at radius 1 is 1.32 bits per heavy atom. The molecule has 1 fully saturated rings. The van der Waals surface area contributed by atoms with Crippen LogP contribution in [0.25, 0.3) is 0 Å². The molecule has 118 valence electrons. The Balaban J connectivity index is 1.78. The molecule has 3 rings (SSSR count). The summed E-state index contributed by atoms with van der Waals surface area (Å²) in [5, 5.41) is 3.98. The summed E-state index contributed by atoms with van der Waals surface area (Å²) in [4.78, 5) is 4.39. The Labute approximate surface area is 130 Å². The largest absolute Gasteiger partial charge is 0.339 e. The first-order valence-corrected chi connectivity index (χ1v) is 9.13. The first-order chi connectivity index (χ1) is 10.6. The van der Waals surface area contributed by atoms with E-state index in [1.807, 2.05) is 19.1 Å². The number of hydrogen-bond acceptors (Lipinski definition) is 5. The third-order valence-electron chi connectivity index (χ3n) is 3.52. The van der Waals surface area contributed by atoms with E-state index in [-0.39, 0.29) is 5.75 Å². The zero-order valence-electron chi connectivity index (χ0n) is 12.4. The number of nitrogens with one attached hydrogen (secondary N) is 1. The van der Waals surface area contributed by atoms with Gasteiger partial charge in [0, 0.05) is 5.92 Å². The lowest BCUT2D eigenvalue weighted by Gasteiger charge is -2.10. The van der Waals surface area contributed by atoms with Crippen LogP contribution in [0.3, 0.4) is 0 Å². The molecule has 1 N–H and O–H groups in total. The van der Waals surface area contributed by atoms with E-state index in [1.165, 1.54) is 0 Å². The zero-order chi connectivity index (χ0) is 15.6. The molecule has 0 saturated heterocycles. The summed E-state index contributed by atoms with van der Waals surface area (Å²) in [6.45, 7) is 1.84. The summed E-state index contributed by atoms with van der Waals surface area (Å²) in [5.74, 6) is 1.83. The highest BCUT2D eigenvalue weighted by atomic mass is 32.2. The van der Waals surface area contributed by atoms with E-state index < -0.39 is 10.0 Å². The van der Waals surface area contributed by atoms with Gasteiger partial charge in [-0.3, -0.25) is 4.72 Å². The van der Waals surface area contributed by atoms with Crippen molar-refractivity contribution in [2.75, 3.05) is 10.5 Å². The van der Waals surface area contributed by atoms with Gasteiger partial charge in [-0.05, 0) is 30.9 Å². The molecule has 7 heteroatoms. The fourth-order valence-electron chi connectivity index (χ4n) is 2.27. The summed E-state index contributed by atoms with van der Waals surface area (Å²) in [6, 6.07) is 7.29. The summed E-state index contributed by atoms with van der Waals surface area (Å²) in [5.41, 5.74) is 1.40. The highest BCUT2D eigenvalue weighted by molar-refractivity contribution is 7.92. The lowest BCUT2D eigenvalue weighted by Crippen LogP contribution is -2.17. The first kappa shape index (κ1) is 15.0. The number of aromatic nitrogens is 2. The molecule has 1 heterocycles. The van der Waals surface area contributed by atoms with Gasteiger partial charge in [0.25, 0.3) is 0 Å². The molecule has 22 heavy (non-hydrogen) atoms. The fraction of sp³-hybridized carbons (Fsp3) is 0.467. The third-order valence-corrected chi connectivity index (χ3v) is 5.00. The highest BCUT2D eigenvalue weighted by Gasteiger charge is 2.28. The molecule has 2 aromatic rings. The Morgan fingerprint density at radius 3 is 2.82 bits per heavy atom. The third kappa shape index (κ3) is 3.65. The molecule has 1 aromatic heterocycles. The van der Waals surface area contributed by atoms with Gasteiger partial charge in [0.05, 0.1) is 17.9 Å². The van der Waals surface area contributed by atoms with Gasteiger partial charge in [0.15, 0.2) is 5.82 Å². The summed E-state index contributed by atoms with van der Waals surface area (Å²) in [6.07, 6.45) is 3.23. The van der Waals surface area contributed by atoms with Crippen molar-refractivity contribution < 1.29 is 12.9 Å². The monoisotopic (exact) mass is 321 g/mol. The standard InChI is InChI=1S/C15H19N3O3S/c1-2-9-22(19,20)18-13-6-4-3-5-12(13)10-14-16-15(17-21-14)11-7-8-11/h3-6,11,18H,2,7-10H2,1H3. The molecule has 0 aliphatic heterocycles. The minimum Gasteiger partial charge on any atom is -0.339 e. The van der Waals surface area contributed by atoms with Crippen molar-refractivity contribution >= 4 is 15.7 Å². The SMILES string of the molecule is CCCS(=O)(=O)Nc1ccccc1Cc1nc(C2CC2)no1. The lowest BCUT2D eigenvalue weighted by atomic mass is 10.1. The highest BCUT2D eigenvalue weighted by Crippen LogP contribution is 2.38. The molecule has 6 nitrogen and oxygen atoms in total. The van der Waals surface area contributed by atoms with Crippen molar-refractivity contribution in [1.29, 1.82) is 0 Å². The van der Waals surface area contributed by atoms with Gasteiger partial charge >= 0.3 is 0 Å². The van der Waals surface area contributed by atoms with E-state index in [1.54, 1.807) is 12.1 Å². The second-order valence-corrected chi connectivity index (χ2v) is 7.42. The van der Waals surface area contributed by atoms with E-state index in [2.05, 4.69) is 14.9 Å². The lowest BCUT2D eigenvalue weighted by molar-refractivity contribution is 0.379. The van der Waals surface area contributed by atoms with Gasteiger partial charge in [-0.1, -0.05) is 30.3 Å². The minimum atomic E-state index is -3.31. The van der Waals surface area contributed by atoms with Crippen molar-refractivity contribution in [2.24, 2.45) is 0 Å². The minimum absolute atomic E-state index is 0.105. The predicted octanol–water partition coefficient (Wildman–Crippen LogP) is 2.69. The van der Waals surface area contributed by atoms with Crippen molar-refractivity contribution in [3.05, 3.63) is 41.5 Å². The van der Waals surface area contributed by atoms with Crippen molar-refractivity contribution in [3.8, 4) is 0 Å². The van der Waals surface area contributed by atoms with Crippen molar-refractivity contribution in [2.45, 2.75) is 38.5 Å². The van der Waals surface area contributed by atoms with E-state index in [4.69, 9.17) is 4.52 Å². The topological polar surface area (TPSA) is 85.1 Å². The molecule has 1 aliphatic rings. The number of para-hydroxylation sites is 1. The zero-order valence-corrected chi connectivity index (χ0v) is 13.3. The molecule has 1 aromatic carbocycles. The van der Waals surface area contributed by atoms with E-state index in [9.17, 15) is 8.42 Å². The molecule has 0 radical (unpaired) electrons. The van der Waals surface area contributed by atoms with Crippen LogP contribution in [0.5, 0.6) is 0 Å². The predicted molar refractivity (Wildman–Crippen MR) is 83.2 cm³/mol. The molecular weight excluding hydrogens is 302 g/mol. The summed E-state index contributed by atoms with van der Waals surface area (Å²) >= 11 is 0. The van der Waals surface area contributed by atoms with Crippen LogP contribution < -0.4 is 4.72 Å². The molecule has 0 unspecified atom stereocenters. The molecule has 0 spiro atoms.